The van der Waals surface area contributed by atoms with Gasteiger partial charge in [0, 0.05) is 37.4 Å². The van der Waals surface area contributed by atoms with Crippen LogP contribution in [0.1, 0.15) is 22.8 Å². The normalized spacial score (nSPS) is 15.7. The third-order valence-corrected chi connectivity index (χ3v) is 7.13. The molecule has 178 valence electrons. The highest BCUT2D eigenvalue weighted by Gasteiger charge is 2.23. The molecule has 3 rings (SSSR count). The molecule has 0 saturated carbocycles. The van der Waals surface area contributed by atoms with Crippen molar-refractivity contribution in [2.45, 2.75) is 24.8 Å². The van der Waals surface area contributed by atoms with Gasteiger partial charge in [-0.1, -0.05) is 0 Å². The Balaban J connectivity index is 1.60. The van der Waals surface area contributed by atoms with E-state index < -0.39 is 22.0 Å². The third kappa shape index (κ3) is 6.10. The molecule has 0 radical (unpaired) electrons. The Labute approximate surface area is 194 Å². The van der Waals surface area contributed by atoms with Crippen molar-refractivity contribution in [2.75, 3.05) is 45.7 Å². The van der Waals surface area contributed by atoms with E-state index in [0.29, 0.717) is 35.7 Å². The second-order valence-corrected chi connectivity index (χ2v) is 9.85. The second-order valence-electron chi connectivity index (χ2n) is 8.14. The van der Waals surface area contributed by atoms with Gasteiger partial charge < -0.3 is 19.9 Å². The molecule has 33 heavy (non-hydrogen) atoms. The number of nitrogens with zero attached hydrogens (tertiary/aromatic N) is 2. The van der Waals surface area contributed by atoms with Crippen molar-refractivity contribution in [1.82, 2.24) is 14.5 Å². The fourth-order valence-corrected chi connectivity index (χ4v) is 4.80. The van der Waals surface area contributed by atoms with Crippen molar-refractivity contribution < 1.29 is 22.7 Å². The number of carbonyl (C=O) groups excluding carboxylic acids is 2. The second kappa shape index (κ2) is 10.3. The van der Waals surface area contributed by atoms with Crippen molar-refractivity contribution >= 4 is 27.5 Å². The van der Waals surface area contributed by atoms with E-state index in [4.69, 9.17) is 4.74 Å². The Bertz CT molecular complexity index is 1110. The van der Waals surface area contributed by atoms with Gasteiger partial charge in [0.2, 0.25) is 15.9 Å². The van der Waals surface area contributed by atoms with Crippen molar-refractivity contribution in [3.05, 3.63) is 53.6 Å². The molecule has 2 amide bonds. The van der Waals surface area contributed by atoms with Crippen LogP contribution in [0.4, 0.5) is 5.69 Å². The molecule has 1 aliphatic rings. The number of benzene rings is 2. The Morgan fingerprint density at radius 3 is 2.24 bits per heavy atom. The van der Waals surface area contributed by atoms with Gasteiger partial charge in [0.15, 0.2) is 0 Å². The molecule has 1 fully saturated rings. The summed E-state index contributed by atoms with van der Waals surface area (Å²) in [5.74, 6) is 0.0214. The minimum Gasteiger partial charge on any atom is -0.496 e. The molecule has 1 atom stereocenters. The molecule has 2 aromatic rings. The number of aryl methyl sites for hydroxylation is 1. The standard InChI is InChI=1S/C23H30N4O5S/c1-16-15-20(9-10-21(16)32-4)33(30,31)25-17(2)22(28)24-19-7-5-18(6-8-19)23(29)27-13-11-26(3)12-14-27/h5-10,15,17,25H,11-14H2,1-4H3,(H,24,28)/t17-/m0/s1. The van der Waals surface area contributed by atoms with Gasteiger partial charge in [-0.05, 0) is 68.9 Å². The Morgan fingerprint density at radius 1 is 1.03 bits per heavy atom. The van der Waals surface area contributed by atoms with Gasteiger partial charge in [-0.15, -0.1) is 0 Å². The van der Waals surface area contributed by atoms with E-state index in [1.807, 2.05) is 11.9 Å². The lowest BCUT2D eigenvalue weighted by molar-refractivity contribution is -0.117. The van der Waals surface area contributed by atoms with E-state index >= 15 is 0 Å². The predicted molar refractivity (Wildman–Crippen MR) is 126 cm³/mol. The number of ether oxygens (including phenoxy) is 1. The molecule has 1 saturated heterocycles. The van der Waals surface area contributed by atoms with Crippen LogP contribution in [-0.4, -0.2) is 76.4 Å². The molecule has 0 aliphatic carbocycles. The number of amides is 2. The molecule has 2 aromatic carbocycles. The van der Waals surface area contributed by atoms with Gasteiger partial charge in [0.25, 0.3) is 5.91 Å². The van der Waals surface area contributed by atoms with Crippen LogP contribution in [-0.2, 0) is 14.8 Å². The van der Waals surface area contributed by atoms with Crippen LogP contribution in [0.2, 0.25) is 0 Å². The monoisotopic (exact) mass is 474 g/mol. The molecular weight excluding hydrogens is 444 g/mol. The number of hydrogen-bond acceptors (Lipinski definition) is 6. The molecule has 10 heteroatoms. The average molecular weight is 475 g/mol. The average Bonchev–Trinajstić information content (AvgIpc) is 2.79. The van der Waals surface area contributed by atoms with E-state index in [1.54, 1.807) is 37.3 Å². The van der Waals surface area contributed by atoms with Crippen LogP contribution in [0, 0.1) is 6.92 Å². The zero-order chi connectivity index (χ0) is 24.2. The lowest BCUT2D eigenvalue weighted by Crippen LogP contribution is -2.47. The molecule has 1 aliphatic heterocycles. The van der Waals surface area contributed by atoms with Gasteiger partial charge in [-0.2, -0.15) is 4.72 Å². The van der Waals surface area contributed by atoms with E-state index in [2.05, 4.69) is 14.9 Å². The van der Waals surface area contributed by atoms with Crippen molar-refractivity contribution in [3.63, 3.8) is 0 Å². The summed E-state index contributed by atoms with van der Waals surface area (Å²) >= 11 is 0. The molecule has 2 N–H and O–H groups in total. The maximum Gasteiger partial charge on any atom is 0.253 e. The first-order valence-electron chi connectivity index (χ1n) is 10.7. The van der Waals surface area contributed by atoms with Gasteiger partial charge in [0.1, 0.15) is 5.75 Å². The Kier molecular flexibility index (Phi) is 7.72. The highest BCUT2D eigenvalue weighted by molar-refractivity contribution is 7.89. The molecule has 0 unspecified atom stereocenters. The van der Waals surface area contributed by atoms with Gasteiger partial charge >= 0.3 is 0 Å². The number of rotatable bonds is 7. The first-order valence-corrected chi connectivity index (χ1v) is 12.1. The molecule has 0 bridgehead atoms. The van der Waals surface area contributed by atoms with Crippen molar-refractivity contribution in [3.8, 4) is 5.75 Å². The van der Waals surface area contributed by atoms with Crippen molar-refractivity contribution in [2.24, 2.45) is 0 Å². The molecular formula is C23H30N4O5S. The van der Waals surface area contributed by atoms with E-state index in [0.717, 1.165) is 13.1 Å². The number of sulfonamides is 1. The summed E-state index contributed by atoms with van der Waals surface area (Å²) in [4.78, 5) is 29.2. The summed E-state index contributed by atoms with van der Waals surface area (Å²) in [6, 6.07) is 10.1. The minimum absolute atomic E-state index is 0.0445. The lowest BCUT2D eigenvalue weighted by Gasteiger charge is -2.32. The van der Waals surface area contributed by atoms with Crippen LogP contribution in [0.25, 0.3) is 0 Å². The first-order chi connectivity index (χ1) is 15.6. The maximum absolute atomic E-state index is 12.7. The molecule has 0 spiro atoms. The molecule has 1 heterocycles. The summed E-state index contributed by atoms with van der Waals surface area (Å²) in [6.07, 6.45) is 0. The maximum atomic E-state index is 12.7. The number of carbonyl (C=O) groups is 2. The summed E-state index contributed by atoms with van der Waals surface area (Å²) in [6.45, 7) is 6.24. The van der Waals surface area contributed by atoms with E-state index in [9.17, 15) is 18.0 Å². The van der Waals surface area contributed by atoms with Crippen LogP contribution < -0.4 is 14.8 Å². The summed E-state index contributed by atoms with van der Waals surface area (Å²) in [5, 5.41) is 2.68. The minimum atomic E-state index is -3.90. The zero-order valence-electron chi connectivity index (χ0n) is 19.3. The summed E-state index contributed by atoms with van der Waals surface area (Å²) < 4.78 is 32.9. The Hall–Kier alpha value is -2.95. The fourth-order valence-electron chi connectivity index (χ4n) is 3.51. The summed E-state index contributed by atoms with van der Waals surface area (Å²) in [5.41, 5.74) is 1.69. The lowest BCUT2D eigenvalue weighted by atomic mass is 10.1. The number of nitrogens with one attached hydrogen (secondary N) is 2. The van der Waals surface area contributed by atoms with Gasteiger partial charge in [-0.3, -0.25) is 9.59 Å². The Morgan fingerprint density at radius 2 is 1.67 bits per heavy atom. The number of piperazine rings is 1. The number of hydrogen-bond donors (Lipinski definition) is 2. The third-order valence-electron chi connectivity index (χ3n) is 5.59. The highest BCUT2D eigenvalue weighted by atomic mass is 32.2. The quantitative estimate of drug-likeness (QED) is 0.632. The SMILES string of the molecule is COc1ccc(S(=O)(=O)N[C@@H](C)C(=O)Nc2ccc(C(=O)N3CCN(C)CC3)cc2)cc1C. The zero-order valence-corrected chi connectivity index (χ0v) is 20.1. The highest BCUT2D eigenvalue weighted by Crippen LogP contribution is 2.21. The van der Waals surface area contributed by atoms with Crippen LogP contribution >= 0.6 is 0 Å². The van der Waals surface area contributed by atoms with E-state index in [1.165, 1.54) is 26.2 Å². The first kappa shape index (κ1) is 24.7. The molecule has 0 aromatic heterocycles. The summed E-state index contributed by atoms with van der Waals surface area (Å²) in [7, 11) is -0.362. The smallest absolute Gasteiger partial charge is 0.253 e. The largest absolute Gasteiger partial charge is 0.496 e. The predicted octanol–water partition coefficient (Wildman–Crippen LogP) is 1.70. The topological polar surface area (TPSA) is 108 Å². The van der Waals surface area contributed by atoms with Gasteiger partial charge in [-0.25, -0.2) is 8.42 Å². The van der Waals surface area contributed by atoms with Crippen molar-refractivity contribution in [1.29, 1.82) is 0 Å². The molecule has 9 nitrogen and oxygen atoms in total. The van der Waals surface area contributed by atoms with Crippen LogP contribution in [0.3, 0.4) is 0 Å². The van der Waals surface area contributed by atoms with Gasteiger partial charge in [0.05, 0.1) is 18.0 Å². The van der Waals surface area contributed by atoms with Crippen LogP contribution in [0.5, 0.6) is 5.75 Å². The number of likely N-dealkylation sites (N-methyl/N-ethyl adjacent to an activating group) is 1. The van der Waals surface area contributed by atoms with E-state index in [-0.39, 0.29) is 10.8 Å². The number of anilines is 1. The fraction of sp³-hybridized carbons (Fsp3) is 0.391. The van der Waals surface area contributed by atoms with Crippen LogP contribution in [0.15, 0.2) is 47.4 Å². The number of methoxy groups -OCH3 is 1.